The Morgan fingerprint density at radius 3 is 1.92 bits per heavy atom. The maximum Gasteiger partial charge on any atom is 0.241 e. The number of nitrogens with zero attached hydrogens (tertiary/aromatic N) is 3. The van der Waals surface area contributed by atoms with Crippen molar-refractivity contribution in [2.75, 3.05) is 10.7 Å². The summed E-state index contributed by atoms with van der Waals surface area (Å²) in [7, 11) is 0. The number of pyridine rings is 1. The number of benzene rings is 4. The number of carbonyl (C=O) groups is 1. The van der Waals surface area contributed by atoms with Crippen LogP contribution in [0.4, 0.5) is 11.4 Å². The van der Waals surface area contributed by atoms with Crippen molar-refractivity contribution in [2.45, 2.75) is 5.03 Å². The van der Waals surface area contributed by atoms with E-state index in [0.29, 0.717) is 26.9 Å². The molecule has 0 fully saturated rings. The summed E-state index contributed by atoms with van der Waals surface area (Å²) in [6.07, 6.45) is 0. The number of halogens is 1. The Morgan fingerprint density at radius 1 is 0.789 bits per heavy atom. The van der Waals surface area contributed by atoms with Gasteiger partial charge in [-0.25, -0.2) is 4.98 Å². The molecular formula is C32H22ClN3OS. The fourth-order valence-electron chi connectivity index (χ4n) is 4.17. The minimum atomic E-state index is -0.123. The van der Waals surface area contributed by atoms with Crippen molar-refractivity contribution in [1.29, 1.82) is 5.26 Å². The fourth-order valence-corrected chi connectivity index (χ4v) is 5.26. The molecule has 38 heavy (non-hydrogen) atoms. The average Bonchev–Trinajstić information content (AvgIpc) is 2.97. The zero-order chi connectivity index (χ0) is 26.3. The van der Waals surface area contributed by atoms with Gasteiger partial charge in [-0.05, 0) is 36.4 Å². The topological polar surface area (TPSA) is 57.0 Å². The number of rotatable bonds is 7. The van der Waals surface area contributed by atoms with Crippen LogP contribution in [0, 0.1) is 11.3 Å². The van der Waals surface area contributed by atoms with Crippen molar-refractivity contribution < 1.29 is 4.79 Å². The van der Waals surface area contributed by atoms with Gasteiger partial charge >= 0.3 is 0 Å². The Labute approximate surface area is 231 Å². The van der Waals surface area contributed by atoms with Gasteiger partial charge in [-0.15, -0.1) is 0 Å². The van der Waals surface area contributed by atoms with Gasteiger partial charge in [0.2, 0.25) is 5.91 Å². The van der Waals surface area contributed by atoms with Crippen molar-refractivity contribution >= 4 is 40.6 Å². The summed E-state index contributed by atoms with van der Waals surface area (Å²) in [6, 6.07) is 40.5. The van der Waals surface area contributed by atoms with Gasteiger partial charge in [0.25, 0.3) is 0 Å². The van der Waals surface area contributed by atoms with Crippen LogP contribution in [-0.4, -0.2) is 16.6 Å². The molecule has 0 spiro atoms. The first-order valence-corrected chi connectivity index (χ1v) is 13.3. The average molecular weight is 532 g/mol. The Balaban J connectivity index is 1.55. The van der Waals surface area contributed by atoms with E-state index in [-0.39, 0.29) is 11.7 Å². The van der Waals surface area contributed by atoms with Gasteiger partial charge in [0.15, 0.2) is 0 Å². The third kappa shape index (κ3) is 5.47. The number of hydrogen-bond donors (Lipinski definition) is 0. The second kappa shape index (κ2) is 11.8. The molecule has 184 valence electrons. The van der Waals surface area contributed by atoms with Crippen LogP contribution in [0.1, 0.15) is 5.56 Å². The summed E-state index contributed by atoms with van der Waals surface area (Å²) in [5.74, 6) is -0.0337. The number of nitriles is 1. The predicted octanol–water partition coefficient (Wildman–Crippen LogP) is 8.40. The number of aromatic nitrogens is 1. The van der Waals surface area contributed by atoms with Gasteiger partial charge < -0.3 is 0 Å². The number of amides is 1. The van der Waals surface area contributed by atoms with Gasteiger partial charge in [0.05, 0.1) is 17.0 Å². The molecule has 6 heteroatoms. The minimum Gasteiger partial charge on any atom is -0.280 e. The van der Waals surface area contributed by atoms with Crippen LogP contribution >= 0.6 is 23.4 Å². The van der Waals surface area contributed by atoms with Crippen LogP contribution in [0.5, 0.6) is 0 Å². The van der Waals surface area contributed by atoms with Crippen molar-refractivity contribution in [2.24, 2.45) is 0 Å². The first-order chi connectivity index (χ1) is 18.7. The van der Waals surface area contributed by atoms with E-state index in [1.165, 1.54) is 11.8 Å². The molecule has 1 amide bonds. The Hall–Kier alpha value is -4.37. The van der Waals surface area contributed by atoms with E-state index in [0.717, 1.165) is 22.5 Å². The van der Waals surface area contributed by atoms with Crippen molar-refractivity contribution in [3.05, 3.63) is 132 Å². The fraction of sp³-hybridized carbons (Fsp3) is 0.0312. The van der Waals surface area contributed by atoms with E-state index in [1.54, 1.807) is 11.0 Å². The molecular weight excluding hydrogens is 510 g/mol. The lowest BCUT2D eigenvalue weighted by atomic mass is 9.99. The number of hydrogen-bond acceptors (Lipinski definition) is 4. The molecule has 0 aliphatic carbocycles. The molecule has 1 aromatic heterocycles. The maximum absolute atomic E-state index is 13.7. The van der Waals surface area contributed by atoms with Gasteiger partial charge in [0.1, 0.15) is 11.1 Å². The monoisotopic (exact) mass is 531 g/mol. The summed E-state index contributed by atoms with van der Waals surface area (Å²) < 4.78 is 0. The zero-order valence-corrected chi connectivity index (χ0v) is 21.9. The molecule has 5 rings (SSSR count). The second-order valence-corrected chi connectivity index (χ2v) is 9.75. The molecule has 0 bridgehead atoms. The minimum absolute atomic E-state index is 0.0890. The Morgan fingerprint density at radius 2 is 1.34 bits per heavy atom. The van der Waals surface area contributed by atoms with E-state index >= 15 is 0 Å². The van der Waals surface area contributed by atoms with Crippen molar-refractivity contribution in [3.63, 3.8) is 0 Å². The van der Waals surface area contributed by atoms with E-state index < -0.39 is 0 Å². The number of anilines is 2. The van der Waals surface area contributed by atoms with Crippen LogP contribution in [0.2, 0.25) is 5.02 Å². The molecule has 0 unspecified atom stereocenters. The van der Waals surface area contributed by atoms with Crippen LogP contribution in [0.15, 0.2) is 126 Å². The zero-order valence-electron chi connectivity index (χ0n) is 20.3. The molecule has 0 N–H and O–H groups in total. The smallest absolute Gasteiger partial charge is 0.241 e. The highest BCUT2D eigenvalue weighted by molar-refractivity contribution is 8.00. The van der Waals surface area contributed by atoms with Gasteiger partial charge in [-0.1, -0.05) is 108 Å². The summed E-state index contributed by atoms with van der Waals surface area (Å²) in [5.41, 5.74) is 4.98. The molecule has 4 nitrogen and oxygen atoms in total. The molecule has 0 saturated carbocycles. The van der Waals surface area contributed by atoms with E-state index in [2.05, 4.69) is 6.07 Å². The highest BCUT2D eigenvalue weighted by Gasteiger charge is 2.22. The molecule has 0 aliphatic heterocycles. The van der Waals surface area contributed by atoms with Gasteiger partial charge in [0, 0.05) is 33.1 Å². The quantitative estimate of drug-likeness (QED) is 0.198. The molecule has 0 radical (unpaired) electrons. The Bertz CT molecular complexity index is 1560. The van der Waals surface area contributed by atoms with Crippen LogP contribution in [0.3, 0.4) is 0 Å². The van der Waals surface area contributed by atoms with Crippen molar-refractivity contribution in [1.82, 2.24) is 4.98 Å². The SMILES string of the molecule is N#Cc1c(-c2ccccc2Cl)cc(-c2ccccc2)nc1SCC(=O)N(c1ccccc1)c1ccccc1. The second-order valence-electron chi connectivity index (χ2n) is 8.38. The lowest BCUT2D eigenvalue weighted by molar-refractivity contribution is -0.115. The number of para-hydroxylation sites is 2. The first kappa shape index (κ1) is 25.3. The lowest BCUT2D eigenvalue weighted by Gasteiger charge is -2.23. The van der Waals surface area contributed by atoms with Gasteiger partial charge in [-0.3, -0.25) is 9.69 Å². The molecule has 0 aliphatic rings. The highest BCUT2D eigenvalue weighted by Crippen LogP contribution is 2.37. The number of thioether (sulfide) groups is 1. The highest BCUT2D eigenvalue weighted by atomic mass is 35.5. The van der Waals surface area contributed by atoms with E-state index in [9.17, 15) is 10.1 Å². The summed E-state index contributed by atoms with van der Waals surface area (Å²) in [6.45, 7) is 0. The molecule has 4 aromatic carbocycles. The maximum atomic E-state index is 13.7. The lowest BCUT2D eigenvalue weighted by Crippen LogP contribution is -2.27. The van der Waals surface area contributed by atoms with Crippen LogP contribution in [-0.2, 0) is 4.79 Å². The van der Waals surface area contributed by atoms with Crippen molar-refractivity contribution in [3.8, 4) is 28.5 Å². The summed E-state index contributed by atoms with van der Waals surface area (Å²) in [5, 5.41) is 11.2. The normalized spacial score (nSPS) is 10.5. The standard InChI is InChI=1S/C32H22ClN3OS/c33-29-19-11-10-18-26(29)27-20-30(23-12-4-1-5-13-23)35-32(28(27)21-34)38-22-31(37)36(24-14-6-2-7-15-24)25-16-8-3-9-17-25/h1-20H,22H2. The largest absolute Gasteiger partial charge is 0.280 e. The Kier molecular flexibility index (Phi) is 7.84. The molecule has 0 atom stereocenters. The van der Waals surface area contributed by atoms with E-state index in [4.69, 9.17) is 16.6 Å². The van der Waals surface area contributed by atoms with Crippen LogP contribution < -0.4 is 4.90 Å². The van der Waals surface area contributed by atoms with Crippen LogP contribution in [0.25, 0.3) is 22.4 Å². The number of carbonyl (C=O) groups excluding carboxylic acids is 1. The summed E-state index contributed by atoms with van der Waals surface area (Å²) in [4.78, 5) is 20.2. The first-order valence-electron chi connectivity index (χ1n) is 12.0. The third-order valence-electron chi connectivity index (χ3n) is 5.94. The third-order valence-corrected chi connectivity index (χ3v) is 7.23. The predicted molar refractivity (Wildman–Crippen MR) is 156 cm³/mol. The van der Waals surface area contributed by atoms with Gasteiger partial charge in [-0.2, -0.15) is 5.26 Å². The molecule has 0 saturated heterocycles. The molecule has 1 heterocycles. The summed E-state index contributed by atoms with van der Waals surface area (Å²) >= 11 is 7.80. The van der Waals surface area contributed by atoms with E-state index in [1.807, 2.05) is 115 Å². The molecule has 5 aromatic rings.